The first-order chi connectivity index (χ1) is 8.65. The molecule has 1 heterocycles. The van der Waals surface area contributed by atoms with E-state index in [0.717, 1.165) is 12.8 Å². The highest BCUT2D eigenvalue weighted by molar-refractivity contribution is 5.76. The van der Waals surface area contributed by atoms with E-state index in [2.05, 4.69) is 15.5 Å². The van der Waals surface area contributed by atoms with Crippen molar-refractivity contribution >= 4 is 5.91 Å². The Hall–Kier alpha value is -1.43. The standard InChI is InChI=1S/C12H21N3O3/c1-3-4-10-14-12(18-15-10)6-5-11(17)13-9(2)7-8-16/h9,16H,3-8H2,1-2H3,(H,13,17). The molecule has 1 amide bonds. The predicted octanol–water partition coefficient (Wildman–Crippen LogP) is 0.842. The van der Waals surface area contributed by atoms with Gasteiger partial charge in [0.1, 0.15) is 0 Å². The third kappa shape index (κ3) is 5.27. The van der Waals surface area contributed by atoms with E-state index in [1.165, 1.54) is 0 Å². The van der Waals surface area contributed by atoms with E-state index in [0.29, 0.717) is 31.0 Å². The normalized spacial score (nSPS) is 12.4. The van der Waals surface area contributed by atoms with Crippen LogP contribution in [0.1, 0.15) is 44.8 Å². The summed E-state index contributed by atoms with van der Waals surface area (Å²) in [7, 11) is 0. The molecule has 1 unspecified atom stereocenters. The van der Waals surface area contributed by atoms with Gasteiger partial charge in [0.25, 0.3) is 0 Å². The lowest BCUT2D eigenvalue weighted by atomic mass is 10.2. The summed E-state index contributed by atoms with van der Waals surface area (Å²) in [5, 5.41) is 15.3. The maximum Gasteiger partial charge on any atom is 0.227 e. The van der Waals surface area contributed by atoms with E-state index in [4.69, 9.17) is 9.63 Å². The maximum atomic E-state index is 11.6. The van der Waals surface area contributed by atoms with Gasteiger partial charge >= 0.3 is 0 Å². The third-order valence-corrected chi connectivity index (χ3v) is 2.52. The fourth-order valence-electron chi connectivity index (χ4n) is 1.55. The van der Waals surface area contributed by atoms with Crippen molar-refractivity contribution in [3.05, 3.63) is 11.7 Å². The Bertz CT molecular complexity index is 365. The zero-order chi connectivity index (χ0) is 13.4. The summed E-state index contributed by atoms with van der Waals surface area (Å²) >= 11 is 0. The van der Waals surface area contributed by atoms with Crippen LogP contribution in [-0.4, -0.2) is 33.8 Å². The summed E-state index contributed by atoms with van der Waals surface area (Å²) in [6, 6.07) is -0.0131. The van der Waals surface area contributed by atoms with Crippen LogP contribution < -0.4 is 5.32 Å². The van der Waals surface area contributed by atoms with E-state index in [1.54, 1.807) is 0 Å². The summed E-state index contributed by atoms with van der Waals surface area (Å²) in [4.78, 5) is 15.7. The molecule has 6 nitrogen and oxygen atoms in total. The minimum absolute atomic E-state index is 0.0131. The average Bonchev–Trinajstić information content (AvgIpc) is 2.75. The molecular weight excluding hydrogens is 234 g/mol. The van der Waals surface area contributed by atoms with Crippen molar-refractivity contribution in [2.75, 3.05) is 6.61 Å². The molecule has 0 aliphatic rings. The monoisotopic (exact) mass is 255 g/mol. The van der Waals surface area contributed by atoms with Gasteiger partial charge in [0.05, 0.1) is 0 Å². The third-order valence-electron chi connectivity index (χ3n) is 2.52. The molecule has 2 N–H and O–H groups in total. The fraction of sp³-hybridized carbons (Fsp3) is 0.750. The van der Waals surface area contributed by atoms with Gasteiger partial charge in [-0.2, -0.15) is 4.98 Å². The van der Waals surface area contributed by atoms with Crippen molar-refractivity contribution in [3.8, 4) is 0 Å². The molecule has 6 heteroatoms. The van der Waals surface area contributed by atoms with Crippen LogP contribution in [0.2, 0.25) is 0 Å². The highest BCUT2D eigenvalue weighted by Gasteiger charge is 2.10. The van der Waals surface area contributed by atoms with Crippen molar-refractivity contribution in [3.63, 3.8) is 0 Å². The number of hydrogen-bond donors (Lipinski definition) is 2. The maximum absolute atomic E-state index is 11.6. The molecule has 1 aromatic heterocycles. The van der Waals surface area contributed by atoms with Gasteiger partial charge in [-0.05, 0) is 19.8 Å². The minimum Gasteiger partial charge on any atom is -0.396 e. The van der Waals surface area contributed by atoms with E-state index in [9.17, 15) is 4.79 Å². The number of amides is 1. The zero-order valence-corrected chi connectivity index (χ0v) is 11.0. The highest BCUT2D eigenvalue weighted by atomic mass is 16.5. The Labute approximate surface area is 107 Å². The van der Waals surface area contributed by atoms with Crippen LogP contribution in [0, 0.1) is 0 Å². The summed E-state index contributed by atoms with van der Waals surface area (Å²) in [5.74, 6) is 1.14. The first-order valence-electron chi connectivity index (χ1n) is 6.37. The number of nitrogens with zero attached hydrogens (tertiary/aromatic N) is 2. The number of rotatable bonds is 8. The topological polar surface area (TPSA) is 88.2 Å². The molecule has 0 bridgehead atoms. The molecule has 1 atom stereocenters. The SMILES string of the molecule is CCCc1noc(CCC(=O)NC(C)CCO)n1. The quantitative estimate of drug-likeness (QED) is 0.718. The molecule has 0 aliphatic carbocycles. The highest BCUT2D eigenvalue weighted by Crippen LogP contribution is 2.03. The second-order valence-electron chi connectivity index (χ2n) is 4.34. The van der Waals surface area contributed by atoms with Crippen LogP contribution in [0.25, 0.3) is 0 Å². The van der Waals surface area contributed by atoms with Crippen LogP contribution in [-0.2, 0) is 17.6 Å². The Morgan fingerprint density at radius 2 is 2.28 bits per heavy atom. The van der Waals surface area contributed by atoms with Crippen molar-refractivity contribution in [1.82, 2.24) is 15.5 Å². The molecule has 0 saturated heterocycles. The molecule has 0 saturated carbocycles. The van der Waals surface area contributed by atoms with Gasteiger partial charge < -0.3 is 14.9 Å². The Kier molecular flexibility index (Phi) is 6.35. The molecule has 0 spiro atoms. The molecule has 0 aliphatic heterocycles. The molecule has 102 valence electrons. The number of carbonyl (C=O) groups excluding carboxylic acids is 1. The Morgan fingerprint density at radius 3 is 2.94 bits per heavy atom. The largest absolute Gasteiger partial charge is 0.396 e. The van der Waals surface area contributed by atoms with E-state index in [1.807, 2.05) is 13.8 Å². The van der Waals surface area contributed by atoms with Gasteiger partial charge in [-0.1, -0.05) is 12.1 Å². The lowest BCUT2D eigenvalue weighted by Gasteiger charge is -2.11. The number of carbonyl (C=O) groups is 1. The molecule has 0 aromatic carbocycles. The first-order valence-corrected chi connectivity index (χ1v) is 6.37. The number of aromatic nitrogens is 2. The van der Waals surface area contributed by atoms with Gasteiger partial charge in [-0.15, -0.1) is 0 Å². The summed E-state index contributed by atoms with van der Waals surface area (Å²) in [6.07, 6.45) is 3.10. The van der Waals surface area contributed by atoms with Gasteiger partial charge in [-0.3, -0.25) is 4.79 Å². The van der Waals surface area contributed by atoms with Crippen LogP contribution in [0.4, 0.5) is 0 Å². The number of aliphatic hydroxyl groups is 1. The summed E-state index contributed by atoms with van der Waals surface area (Å²) < 4.78 is 5.04. The number of aryl methyl sites for hydroxylation is 2. The lowest BCUT2D eigenvalue weighted by molar-refractivity contribution is -0.121. The first kappa shape index (κ1) is 14.6. The second kappa shape index (κ2) is 7.81. The summed E-state index contributed by atoms with van der Waals surface area (Å²) in [5.41, 5.74) is 0. The smallest absolute Gasteiger partial charge is 0.227 e. The summed E-state index contributed by atoms with van der Waals surface area (Å²) in [6.45, 7) is 3.98. The van der Waals surface area contributed by atoms with Gasteiger partial charge in [0.15, 0.2) is 5.82 Å². The minimum atomic E-state index is -0.0637. The van der Waals surface area contributed by atoms with E-state index < -0.39 is 0 Å². The molecule has 0 radical (unpaired) electrons. The molecule has 1 aromatic rings. The van der Waals surface area contributed by atoms with Crippen molar-refractivity contribution < 1.29 is 14.4 Å². The van der Waals surface area contributed by atoms with Gasteiger partial charge in [0.2, 0.25) is 11.8 Å². The predicted molar refractivity (Wildman–Crippen MR) is 65.9 cm³/mol. The number of hydrogen-bond acceptors (Lipinski definition) is 5. The van der Waals surface area contributed by atoms with Crippen molar-refractivity contribution in [1.29, 1.82) is 0 Å². The number of aliphatic hydroxyl groups excluding tert-OH is 1. The Balaban J connectivity index is 2.28. The van der Waals surface area contributed by atoms with E-state index >= 15 is 0 Å². The molecule has 1 rings (SSSR count). The molecule has 0 fully saturated rings. The second-order valence-corrected chi connectivity index (χ2v) is 4.34. The zero-order valence-electron chi connectivity index (χ0n) is 11.0. The van der Waals surface area contributed by atoms with Crippen LogP contribution in [0.5, 0.6) is 0 Å². The fourth-order valence-corrected chi connectivity index (χ4v) is 1.55. The average molecular weight is 255 g/mol. The van der Waals surface area contributed by atoms with E-state index in [-0.39, 0.29) is 18.6 Å². The van der Waals surface area contributed by atoms with Crippen LogP contribution in [0.15, 0.2) is 4.52 Å². The number of nitrogens with one attached hydrogen (secondary N) is 1. The molecular formula is C12H21N3O3. The van der Waals surface area contributed by atoms with Crippen molar-refractivity contribution in [2.45, 2.75) is 52.0 Å². The molecule has 18 heavy (non-hydrogen) atoms. The van der Waals surface area contributed by atoms with Crippen LogP contribution in [0.3, 0.4) is 0 Å². The lowest BCUT2D eigenvalue weighted by Crippen LogP contribution is -2.33. The van der Waals surface area contributed by atoms with Gasteiger partial charge in [0, 0.05) is 31.9 Å². The van der Waals surface area contributed by atoms with Crippen molar-refractivity contribution in [2.24, 2.45) is 0 Å². The van der Waals surface area contributed by atoms with Gasteiger partial charge in [-0.25, -0.2) is 0 Å². The Morgan fingerprint density at radius 1 is 1.50 bits per heavy atom. The van der Waals surface area contributed by atoms with Crippen LogP contribution >= 0.6 is 0 Å².